The average Bonchev–Trinajstić information content (AvgIpc) is 2.85. The number of rotatable bonds is 5. The minimum Gasteiger partial charge on any atom is -0.128 e. The lowest BCUT2D eigenvalue weighted by molar-refractivity contribution is 1.11. The molecule has 2 heterocycles. The summed E-state index contributed by atoms with van der Waals surface area (Å²) in [6, 6.07) is 9.01. The van der Waals surface area contributed by atoms with E-state index in [0.29, 0.717) is 10.5 Å². The molecule has 2 rings (SSSR count). The number of thioether (sulfide) groups is 2. The molecule has 0 radical (unpaired) electrons. The standard InChI is InChI=1S/C14H18S4/c1-9(2)15-13-7-5-11(17-13)12-6-8-14(18-12)16-10(3)4/h5-10H,1-4H3. The summed E-state index contributed by atoms with van der Waals surface area (Å²) in [5, 5.41) is 1.32. The topological polar surface area (TPSA) is 0 Å². The van der Waals surface area contributed by atoms with E-state index >= 15 is 0 Å². The molecule has 98 valence electrons. The first-order valence-electron chi connectivity index (χ1n) is 6.08. The van der Waals surface area contributed by atoms with E-state index in [-0.39, 0.29) is 0 Å². The van der Waals surface area contributed by atoms with Crippen molar-refractivity contribution >= 4 is 46.2 Å². The third-order valence-electron chi connectivity index (χ3n) is 2.11. The second kappa shape index (κ2) is 6.51. The number of thiophene rings is 2. The molecule has 0 amide bonds. The average molecular weight is 315 g/mol. The lowest BCUT2D eigenvalue weighted by Gasteiger charge is -2.00. The fourth-order valence-electron chi connectivity index (χ4n) is 1.50. The molecule has 18 heavy (non-hydrogen) atoms. The summed E-state index contributed by atoms with van der Waals surface area (Å²) in [6.07, 6.45) is 0. The highest BCUT2D eigenvalue weighted by molar-refractivity contribution is 8.02. The van der Waals surface area contributed by atoms with Crippen LogP contribution in [-0.4, -0.2) is 10.5 Å². The fraction of sp³-hybridized carbons (Fsp3) is 0.429. The van der Waals surface area contributed by atoms with Gasteiger partial charge in [0.05, 0.1) is 8.42 Å². The van der Waals surface area contributed by atoms with Crippen LogP contribution in [0.1, 0.15) is 27.7 Å². The van der Waals surface area contributed by atoms with E-state index in [9.17, 15) is 0 Å². The van der Waals surface area contributed by atoms with Crippen molar-refractivity contribution in [2.24, 2.45) is 0 Å². The largest absolute Gasteiger partial charge is 0.128 e. The molecule has 0 aromatic carbocycles. The Morgan fingerprint density at radius 2 is 1.11 bits per heavy atom. The van der Waals surface area contributed by atoms with Gasteiger partial charge in [-0.25, -0.2) is 0 Å². The molecule has 0 spiro atoms. The summed E-state index contributed by atoms with van der Waals surface area (Å²) < 4.78 is 2.85. The van der Waals surface area contributed by atoms with Gasteiger partial charge in [-0.15, -0.1) is 46.2 Å². The maximum absolute atomic E-state index is 2.25. The van der Waals surface area contributed by atoms with Crippen molar-refractivity contribution in [3.05, 3.63) is 24.3 Å². The molecule has 0 bridgehead atoms. The Morgan fingerprint density at radius 1 is 0.722 bits per heavy atom. The summed E-state index contributed by atoms with van der Waals surface area (Å²) in [7, 11) is 0. The van der Waals surface area contributed by atoms with Crippen LogP contribution in [0.5, 0.6) is 0 Å². The third kappa shape index (κ3) is 4.05. The normalized spacial score (nSPS) is 11.7. The van der Waals surface area contributed by atoms with Crippen molar-refractivity contribution in [1.29, 1.82) is 0 Å². The van der Waals surface area contributed by atoms with Gasteiger partial charge in [-0.3, -0.25) is 0 Å². The molecule has 2 aromatic rings. The highest BCUT2D eigenvalue weighted by atomic mass is 32.2. The van der Waals surface area contributed by atoms with Crippen LogP contribution in [0.15, 0.2) is 32.7 Å². The van der Waals surface area contributed by atoms with Crippen LogP contribution in [0.25, 0.3) is 9.75 Å². The molecule has 0 N–H and O–H groups in total. The van der Waals surface area contributed by atoms with Gasteiger partial charge in [0.1, 0.15) is 0 Å². The molecule has 0 nitrogen and oxygen atoms in total. The predicted octanol–water partition coefficient (Wildman–Crippen LogP) is 6.48. The first-order chi connectivity index (χ1) is 8.54. The van der Waals surface area contributed by atoms with Crippen LogP contribution in [0.4, 0.5) is 0 Å². The van der Waals surface area contributed by atoms with Crippen molar-refractivity contribution in [3.8, 4) is 9.75 Å². The van der Waals surface area contributed by atoms with Gasteiger partial charge in [-0.1, -0.05) is 27.7 Å². The van der Waals surface area contributed by atoms with E-state index in [4.69, 9.17) is 0 Å². The van der Waals surface area contributed by atoms with E-state index in [1.54, 1.807) is 0 Å². The smallest absolute Gasteiger partial charge is 0.0607 e. The molecule has 0 saturated heterocycles. The molecule has 0 saturated carbocycles. The lowest BCUT2D eigenvalue weighted by Crippen LogP contribution is -1.82. The first-order valence-corrected chi connectivity index (χ1v) is 9.47. The first kappa shape index (κ1) is 14.5. The second-order valence-corrected chi connectivity index (χ2v) is 10.5. The summed E-state index contributed by atoms with van der Waals surface area (Å²) in [5.41, 5.74) is 0. The van der Waals surface area contributed by atoms with Gasteiger partial charge in [0.2, 0.25) is 0 Å². The molecule has 0 atom stereocenters. The summed E-state index contributed by atoms with van der Waals surface area (Å²) >= 11 is 7.72. The maximum atomic E-state index is 2.25. The Balaban J connectivity index is 2.11. The highest BCUT2D eigenvalue weighted by Gasteiger charge is 2.08. The van der Waals surface area contributed by atoms with E-state index in [2.05, 4.69) is 52.0 Å². The van der Waals surface area contributed by atoms with Gasteiger partial charge in [-0.2, -0.15) is 0 Å². The van der Waals surface area contributed by atoms with Crippen LogP contribution in [0.3, 0.4) is 0 Å². The zero-order valence-corrected chi connectivity index (χ0v) is 14.4. The molecule has 4 heteroatoms. The monoisotopic (exact) mass is 314 g/mol. The Hall–Kier alpha value is 0.1000. The second-order valence-electron chi connectivity index (χ2n) is 4.57. The Bertz CT molecular complexity index is 447. The van der Waals surface area contributed by atoms with Crippen molar-refractivity contribution < 1.29 is 0 Å². The minimum absolute atomic E-state index is 0.659. The van der Waals surface area contributed by atoms with E-state index < -0.39 is 0 Å². The SMILES string of the molecule is CC(C)Sc1ccc(-c2ccc(SC(C)C)s2)s1. The Labute approximate surface area is 126 Å². The van der Waals surface area contributed by atoms with Crippen LogP contribution in [-0.2, 0) is 0 Å². The van der Waals surface area contributed by atoms with Crippen LogP contribution >= 0.6 is 46.2 Å². The van der Waals surface area contributed by atoms with Crippen molar-refractivity contribution in [1.82, 2.24) is 0 Å². The quantitative estimate of drug-likeness (QED) is 0.579. The van der Waals surface area contributed by atoms with Gasteiger partial charge >= 0.3 is 0 Å². The Morgan fingerprint density at radius 3 is 1.44 bits per heavy atom. The minimum atomic E-state index is 0.659. The zero-order valence-electron chi connectivity index (χ0n) is 11.1. The molecule has 0 aliphatic carbocycles. The highest BCUT2D eigenvalue weighted by Crippen LogP contribution is 2.41. The van der Waals surface area contributed by atoms with E-state index in [1.165, 1.54) is 18.2 Å². The zero-order chi connectivity index (χ0) is 13.1. The summed E-state index contributed by atoms with van der Waals surface area (Å²) in [6.45, 7) is 8.97. The molecule has 0 fully saturated rings. The summed E-state index contributed by atoms with van der Waals surface area (Å²) in [4.78, 5) is 2.80. The maximum Gasteiger partial charge on any atom is 0.0607 e. The van der Waals surface area contributed by atoms with Crippen molar-refractivity contribution in [2.45, 2.75) is 46.6 Å². The molecule has 0 aliphatic rings. The van der Waals surface area contributed by atoms with Gasteiger partial charge in [-0.05, 0) is 24.3 Å². The molecular formula is C14H18S4. The molecule has 0 unspecified atom stereocenters. The van der Waals surface area contributed by atoms with Gasteiger partial charge in [0.15, 0.2) is 0 Å². The van der Waals surface area contributed by atoms with Crippen molar-refractivity contribution in [3.63, 3.8) is 0 Å². The molecule has 2 aromatic heterocycles. The number of hydrogen-bond acceptors (Lipinski definition) is 4. The van der Waals surface area contributed by atoms with E-state index in [0.717, 1.165) is 0 Å². The fourth-order valence-corrected chi connectivity index (χ4v) is 6.36. The van der Waals surface area contributed by atoms with Crippen molar-refractivity contribution in [2.75, 3.05) is 0 Å². The van der Waals surface area contributed by atoms with E-state index in [1.807, 2.05) is 46.2 Å². The van der Waals surface area contributed by atoms with Crippen LogP contribution in [0.2, 0.25) is 0 Å². The van der Waals surface area contributed by atoms with Gasteiger partial charge in [0.25, 0.3) is 0 Å². The predicted molar refractivity (Wildman–Crippen MR) is 89.6 cm³/mol. The van der Waals surface area contributed by atoms with Gasteiger partial charge in [0, 0.05) is 20.3 Å². The van der Waals surface area contributed by atoms with Gasteiger partial charge < -0.3 is 0 Å². The van der Waals surface area contributed by atoms with Crippen LogP contribution in [0, 0.1) is 0 Å². The third-order valence-corrected chi connectivity index (χ3v) is 6.82. The number of hydrogen-bond donors (Lipinski definition) is 0. The molecular weight excluding hydrogens is 296 g/mol. The lowest BCUT2D eigenvalue weighted by atomic mass is 10.4. The van der Waals surface area contributed by atoms with Crippen LogP contribution < -0.4 is 0 Å². The Kier molecular flexibility index (Phi) is 5.24. The molecule has 0 aliphatic heterocycles. The summed E-state index contributed by atoms with van der Waals surface area (Å²) in [5.74, 6) is 0.